The summed E-state index contributed by atoms with van der Waals surface area (Å²) in [4.78, 5) is 45.4. The lowest BCUT2D eigenvalue weighted by molar-refractivity contribution is -0.142. The summed E-state index contributed by atoms with van der Waals surface area (Å²) in [7, 11) is 0. The number of aromatic nitrogens is 1. The van der Waals surface area contributed by atoms with E-state index >= 15 is 0 Å². The maximum absolute atomic E-state index is 13.7. The minimum atomic E-state index is -0.271. The Morgan fingerprint density at radius 1 is 1.03 bits per heavy atom. The zero-order chi connectivity index (χ0) is 21.8. The summed E-state index contributed by atoms with van der Waals surface area (Å²) in [5.41, 5.74) is 1.11. The predicted octanol–water partition coefficient (Wildman–Crippen LogP) is 2.99. The molecule has 2 saturated heterocycles. The first kappa shape index (κ1) is 20.0. The van der Waals surface area contributed by atoms with Crippen molar-refractivity contribution in [2.75, 3.05) is 0 Å². The lowest BCUT2D eigenvalue weighted by Crippen LogP contribution is -2.62. The van der Waals surface area contributed by atoms with Crippen LogP contribution in [0.15, 0.2) is 53.3 Å². The van der Waals surface area contributed by atoms with E-state index in [2.05, 4.69) is 28.9 Å². The zero-order valence-electron chi connectivity index (χ0n) is 18.1. The number of hydrogen-bond acceptors (Lipinski definition) is 3. The maximum atomic E-state index is 13.7. The molecule has 1 aromatic carbocycles. The number of pyridine rings is 1. The van der Waals surface area contributed by atoms with E-state index in [0.29, 0.717) is 5.69 Å². The number of nitrogens with one attached hydrogen (secondary N) is 1. The fourth-order valence-electron chi connectivity index (χ4n) is 6.64. The summed E-state index contributed by atoms with van der Waals surface area (Å²) in [5, 5.41) is 0. The fraction of sp³-hybridized carbons (Fsp3) is 0.480. The van der Waals surface area contributed by atoms with Gasteiger partial charge in [-0.25, -0.2) is 0 Å². The number of rotatable bonds is 3. The molecule has 3 aliphatic rings. The number of likely N-dealkylation sites (tertiary alicyclic amines) is 2. The zero-order valence-corrected chi connectivity index (χ0v) is 18.1. The third-order valence-electron chi connectivity index (χ3n) is 7.84. The minimum Gasteiger partial charge on any atom is -0.334 e. The molecule has 3 fully saturated rings. The number of fused-ring (bicyclic) bond motifs is 1. The summed E-state index contributed by atoms with van der Waals surface area (Å²) in [5.74, 6) is -0.0366. The Labute approximate surface area is 182 Å². The molecular formula is C25H29N3O3. The molecule has 6 nitrogen and oxygen atoms in total. The van der Waals surface area contributed by atoms with Gasteiger partial charge in [-0.15, -0.1) is 0 Å². The van der Waals surface area contributed by atoms with Crippen molar-refractivity contribution < 1.29 is 9.59 Å². The second-order valence-electron chi connectivity index (χ2n) is 9.56. The van der Waals surface area contributed by atoms with Crippen LogP contribution in [0.25, 0.3) is 0 Å². The van der Waals surface area contributed by atoms with E-state index < -0.39 is 0 Å². The second kappa shape index (κ2) is 7.36. The first-order valence-corrected chi connectivity index (χ1v) is 11.2. The molecule has 5 atom stereocenters. The van der Waals surface area contributed by atoms with E-state index in [1.807, 2.05) is 23.1 Å². The van der Waals surface area contributed by atoms with Gasteiger partial charge in [-0.1, -0.05) is 43.3 Å². The van der Waals surface area contributed by atoms with Crippen molar-refractivity contribution >= 4 is 11.8 Å². The molecule has 0 radical (unpaired) electrons. The number of amides is 2. The van der Waals surface area contributed by atoms with E-state index in [4.69, 9.17) is 0 Å². The standard InChI is InChI=1S/C25H29N3O3/c1-16(29)27-19(14-17-8-4-3-5-9-17)20-15-25(2)21(27)11-7-12-22(25)28(20)24(31)18-10-6-13-23(30)26-18/h3-6,8-10,13,19-22H,7,11-12,14-15H2,1-2H3,(H,26,30)/t19-,20-,21+,22-,25+/m0/s1. The monoisotopic (exact) mass is 419 g/mol. The number of carbonyl (C=O) groups is 2. The molecule has 0 spiro atoms. The summed E-state index contributed by atoms with van der Waals surface area (Å²) in [6.07, 6.45) is 4.53. The van der Waals surface area contributed by atoms with Crippen LogP contribution in [0.1, 0.15) is 55.6 Å². The maximum Gasteiger partial charge on any atom is 0.270 e. The van der Waals surface area contributed by atoms with Gasteiger partial charge in [0.2, 0.25) is 11.5 Å². The Hall–Kier alpha value is -2.89. The molecule has 2 amide bonds. The van der Waals surface area contributed by atoms with Gasteiger partial charge in [-0.05, 0) is 43.7 Å². The lowest BCUT2D eigenvalue weighted by Gasteiger charge is -2.52. The van der Waals surface area contributed by atoms with Crippen LogP contribution in [0, 0.1) is 5.41 Å². The molecular weight excluding hydrogens is 390 g/mol. The van der Waals surface area contributed by atoms with Crippen molar-refractivity contribution in [3.8, 4) is 0 Å². The van der Waals surface area contributed by atoms with Gasteiger partial charge in [0.1, 0.15) is 5.69 Å². The Balaban J connectivity index is 1.60. The van der Waals surface area contributed by atoms with Gasteiger partial charge in [0.15, 0.2) is 0 Å². The quantitative estimate of drug-likeness (QED) is 0.831. The second-order valence-corrected chi connectivity index (χ2v) is 9.56. The topological polar surface area (TPSA) is 73.5 Å². The highest BCUT2D eigenvalue weighted by Crippen LogP contribution is 2.56. The first-order chi connectivity index (χ1) is 14.9. The van der Waals surface area contributed by atoms with Crippen molar-refractivity contribution in [2.45, 2.75) is 70.1 Å². The molecule has 1 N–H and O–H groups in total. The van der Waals surface area contributed by atoms with Crippen LogP contribution in [-0.4, -0.2) is 50.8 Å². The number of aromatic amines is 1. The van der Waals surface area contributed by atoms with Gasteiger partial charge >= 0.3 is 0 Å². The molecule has 2 aromatic rings. The highest BCUT2D eigenvalue weighted by molar-refractivity contribution is 5.93. The molecule has 5 rings (SSSR count). The number of H-pyrrole nitrogens is 1. The van der Waals surface area contributed by atoms with Crippen molar-refractivity contribution in [1.82, 2.24) is 14.8 Å². The smallest absolute Gasteiger partial charge is 0.270 e. The third kappa shape index (κ3) is 3.11. The van der Waals surface area contributed by atoms with E-state index in [-0.39, 0.29) is 47.0 Å². The van der Waals surface area contributed by atoms with Crippen molar-refractivity contribution in [3.05, 3.63) is 70.1 Å². The largest absolute Gasteiger partial charge is 0.334 e. The van der Waals surface area contributed by atoms with Crippen LogP contribution < -0.4 is 5.56 Å². The Morgan fingerprint density at radius 3 is 2.42 bits per heavy atom. The van der Waals surface area contributed by atoms with E-state index in [1.54, 1.807) is 19.1 Å². The van der Waals surface area contributed by atoms with Crippen LogP contribution in [0.3, 0.4) is 0 Å². The molecule has 0 unspecified atom stereocenters. The number of benzene rings is 1. The highest BCUT2D eigenvalue weighted by atomic mass is 16.2. The third-order valence-corrected chi connectivity index (χ3v) is 7.84. The Kier molecular flexibility index (Phi) is 4.76. The van der Waals surface area contributed by atoms with Crippen LogP contribution >= 0.6 is 0 Å². The SMILES string of the molecule is CC(=O)N1[C@@H](Cc2ccccc2)[C@@H]2C[C@@]3(C)[C@H](CCC[C@@H]13)N2C(=O)c1cccc(=O)[nH]1. The summed E-state index contributed by atoms with van der Waals surface area (Å²) in [6, 6.07) is 15.0. The number of hydrogen-bond donors (Lipinski definition) is 1. The van der Waals surface area contributed by atoms with E-state index in [9.17, 15) is 14.4 Å². The van der Waals surface area contributed by atoms with Crippen LogP contribution in [0.5, 0.6) is 0 Å². The molecule has 2 bridgehead atoms. The molecule has 1 aliphatic carbocycles. The number of nitrogens with zero attached hydrogens (tertiary/aromatic N) is 2. The minimum absolute atomic E-state index is 0.0651. The van der Waals surface area contributed by atoms with Gasteiger partial charge < -0.3 is 14.8 Å². The van der Waals surface area contributed by atoms with E-state index in [0.717, 1.165) is 32.1 Å². The van der Waals surface area contributed by atoms with Gasteiger partial charge in [-0.2, -0.15) is 0 Å². The van der Waals surface area contributed by atoms with Gasteiger partial charge in [-0.3, -0.25) is 14.4 Å². The fourth-order valence-corrected chi connectivity index (χ4v) is 6.64. The average molecular weight is 420 g/mol. The summed E-state index contributed by atoms with van der Waals surface area (Å²) >= 11 is 0. The molecule has 31 heavy (non-hydrogen) atoms. The molecule has 162 valence electrons. The Morgan fingerprint density at radius 2 is 1.74 bits per heavy atom. The summed E-state index contributed by atoms with van der Waals surface area (Å²) < 4.78 is 0. The van der Waals surface area contributed by atoms with Gasteiger partial charge in [0.05, 0.1) is 12.1 Å². The highest BCUT2D eigenvalue weighted by Gasteiger charge is 2.64. The van der Waals surface area contributed by atoms with Crippen molar-refractivity contribution in [1.29, 1.82) is 0 Å². The van der Waals surface area contributed by atoms with Gasteiger partial charge in [0, 0.05) is 30.5 Å². The van der Waals surface area contributed by atoms with Crippen molar-refractivity contribution in [3.63, 3.8) is 0 Å². The average Bonchev–Trinajstić information content (AvgIpc) is 3.06. The Bertz CT molecular complexity index is 1060. The van der Waals surface area contributed by atoms with Crippen LogP contribution in [-0.2, 0) is 11.2 Å². The molecule has 2 aliphatic heterocycles. The summed E-state index contributed by atoms with van der Waals surface area (Å²) in [6.45, 7) is 3.92. The lowest BCUT2D eigenvalue weighted by atomic mass is 9.64. The van der Waals surface area contributed by atoms with Crippen LogP contribution in [0.2, 0.25) is 0 Å². The molecule has 1 saturated carbocycles. The molecule has 3 heterocycles. The molecule has 6 heteroatoms. The first-order valence-electron chi connectivity index (χ1n) is 11.2. The van der Waals surface area contributed by atoms with Crippen molar-refractivity contribution in [2.24, 2.45) is 5.41 Å². The normalized spacial score (nSPS) is 31.5. The van der Waals surface area contributed by atoms with E-state index in [1.165, 1.54) is 11.6 Å². The van der Waals surface area contributed by atoms with Gasteiger partial charge in [0.25, 0.3) is 5.91 Å². The predicted molar refractivity (Wildman–Crippen MR) is 118 cm³/mol. The number of piperidine rings is 1. The number of carbonyl (C=O) groups excluding carboxylic acids is 2. The molecule has 1 aromatic heterocycles. The van der Waals surface area contributed by atoms with Crippen LogP contribution in [0.4, 0.5) is 0 Å².